The van der Waals surface area contributed by atoms with Gasteiger partial charge in [-0.2, -0.15) is 0 Å². The van der Waals surface area contributed by atoms with E-state index in [9.17, 15) is 9.59 Å². The number of carbonyl (C=O) groups excluding carboxylic acids is 1. The highest BCUT2D eigenvalue weighted by atomic mass is 16.4. The van der Waals surface area contributed by atoms with Crippen molar-refractivity contribution in [1.82, 2.24) is 14.5 Å². The molecule has 1 heterocycles. The molecule has 0 aliphatic rings. The molecular formula is C14H16N4O3. The van der Waals surface area contributed by atoms with E-state index in [0.29, 0.717) is 6.54 Å². The van der Waals surface area contributed by atoms with E-state index in [1.165, 1.54) is 4.90 Å². The maximum Gasteiger partial charge on any atom is 0.317 e. The van der Waals surface area contributed by atoms with Gasteiger partial charge < -0.3 is 15.4 Å². The molecule has 7 heteroatoms. The van der Waals surface area contributed by atoms with Gasteiger partial charge in [0, 0.05) is 24.6 Å². The standard InChI is InChI=1S/C14H16N4O3/c15-13(19)8-17(9-14(20)21)7-11-1-3-12(4-2-11)18-6-5-16-10-18/h1-6,10H,7-9H2,(H2,15,19)(H,20,21). The first-order valence-electron chi connectivity index (χ1n) is 6.34. The van der Waals surface area contributed by atoms with Crippen molar-refractivity contribution in [3.05, 3.63) is 48.5 Å². The smallest absolute Gasteiger partial charge is 0.317 e. The maximum atomic E-state index is 11.0. The Balaban J connectivity index is 2.06. The molecule has 0 radical (unpaired) electrons. The predicted octanol–water partition coefficient (Wildman–Crippen LogP) is 0.244. The topological polar surface area (TPSA) is 101 Å². The highest BCUT2D eigenvalue weighted by Gasteiger charge is 2.12. The summed E-state index contributed by atoms with van der Waals surface area (Å²) < 4.78 is 1.86. The molecule has 0 fully saturated rings. The van der Waals surface area contributed by atoms with E-state index < -0.39 is 11.9 Å². The zero-order valence-electron chi connectivity index (χ0n) is 11.3. The number of benzene rings is 1. The Kier molecular flexibility index (Phi) is 4.68. The van der Waals surface area contributed by atoms with Crippen molar-refractivity contribution in [2.75, 3.05) is 13.1 Å². The second-order valence-electron chi connectivity index (χ2n) is 4.64. The van der Waals surface area contributed by atoms with Crippen LogP contribution in [0.5, 0.6) is 0 Å². The summed E-state index contributed by atoms with van der Waals surface area (Å²) in [6.07, 6.45) is 5.22. The van der Waals surface area contributed by atoms with Crippen molar-refractivity contribution in [1.29, 1.82) is 0 Å². The van der Waals surface area contributed by atoms with Crippen LogP contribution < -0.4 is 5.73 Å². The van der Waals surface area contributed by atoms with E-state index in [4.69, 9.17) is 10.8 Å². The highest BCUT2D eigenvalue weighted by Crippen LogP contribution is 2.11. The largest absolute Gasteiger partial charge is 0.480 e. The third-order valence-corrected chi connectivity index (χ3v) is 2.88. The number of imidazole rings is 1. The molecule has 0 atom stereocenters. The van der Waals surface area contributed by atoms with Crippen LogP contribution in [-0.2, 0) is 16.1 Å². The van der Waals surface area contributed by atoms with Gasteiger partial charge in [0.2, 0.25) is 5.91 Å². The van der Waals surface area contributed by atoms with Gasteiger partial charge in [0.15, 0.2) is 0 Å². The Bertz CT molecular complexity index is 592. The van der Waals surface area contributed by atoms with Crippen LogP contribution in [0, 0.1) is 0 Å². The van der Waals surface area contributed by atoms with E-state index >= 15 is 0 Å². The number of aromatic nitrogens is 2. The molecule has 3 N–H and O–H groups in total. The number of carboxylic acid groups (broad SMARTS) is 1. The quantitative estimate of drug-likeness (QED) is 0.760. The third-order valence-electron chi connectivity index (χ3n) is 2.88. The van der Waals surface area contributed by atoms with Crippen molar-refractivity contribution in [2.45, 2.75) is 6.54 Å². The fourth-order valence-electron chi connectivity index (χ4n) is 2.02. The van der Waals surface area contributed by atoms with Gasteiger partial charge >= 0.3 is 5.97 Å². The van der Waals surface area contributed by atoms with Gasteiger partial charge in [-0.25, -0.2) is 4.98 Å². The summed E-state index contributed by atoms with van der Waals surface area (Å²) >= 11 is 0. The normalized spacial score (nSPS) is 10.7. The van der Waals surface area contributed by atoms with Crippen molar-refractivity contribution >= 4 is 11.9 Å². The van der Waals surface area contributed by atoms with Gasteiger partial charge in [0.05, 0.1) is 19.4 Å². The van der Waals surface area contributed by atoms with Crippen LogP contribution >= 0.6 is 0 Å². The average Bonchev–Trinajstić information content (AvgIpc) is 2.91. The molecule has 0 bridgehead atoms. The summed E-state index contributed by atoms with van der Waals surface area (Å²) in [7, 11) is 0. The Morgan fingerprint density at radius 1 is 1.24 bits per heavy atom. The number of rotatable bonds is 7. The van der Waals surface area contributed by atoms with Gasteiger partial charge in [-0.1, -0.05) is 12.1 Å². The van der Waals surface area contributed by atoms with E-state index in [2.05, 4.69) is 4.98 Å². The first kappa shape index (κ1) is 14.7. The number of carboxylic acids is 1. The number of hydrogen-bond acceptors (Lipinski definition) is 4. The van der Waals surface area contributed by atoms with Crippen LogP contribution in [-0.4, -0.2) is 44.5 Å². The second kappa shape index (κ2) is 6.67. The Morgan fingerprint density at radius 3 is 2.48 bits per heavy atom. The fraction of sp³-hybridized carbons (Fsp3) is 0.214. The maximum absolute atomic E-state index is 11.0. The minimum absolute atomic E-state index is 0.0877. The van der Waals surface area contributed by atoms with Crippen molar-refractivity contribution < 1.29 is 14.7 Å². The molecular weight excluding hydrogens is 272 g/mol. The summed E-state index contributed by atoms with van der Waals surface area (Å²) in [5, 5.41) is 8.84. The second-order valence-corrected chi connectivity index (χ2v) is 4.64. The van der Waals surface area contributed by atoms with Crippen molar-refractivity contribution in [3.8, 4) is 5.69 Å². The Labute approximate surface area is 121 Å². The van der Waals surface area contributed by atoms with Crippen molar-refractivity contribution in [3.63, 3.8) is 0 Å². The predicted molar refractivity (Wildman–Crippen MR) is 75.7 cm³/mol. The van der Waals surface area contributed by atoms with Crippen LogP contribution in [0.4, 0.5) is 0 Å². The molecule has 2 rings (SSSR count). The lowest BCUT2D eigenvalue weighted by Gasteiger charge is -2.18. The first-order valence-corrected chi connectivity index (χ1v) is 6.34. The average molecular weight is 288 g/mol. The molecule has 0 aliphatic heterocycles. The minimum atomic E-state index is -0.994. The summed E-state index contributed by atoms with van der Waals surface area (Å²) in [5.41, 5.74) is 6.99. The summed E-state index contributed by atoms with van der Waals surface area (Å²) in [6, 6.07) is 7.57. The Morgan fingerprint density at radius 2 is 1.95 bits per heavy atom. The van der Waals surface area contributed by atoms with Gasteiger partial charge in [-0.3, -0.25) is 14.5 Å². The molecule has 1 aromatic carbocycles. The van der Waals surface area contributed by atoms with Crippen LogP contribution in [0.3, 0.4) is 0 Å². The van der Waals surface area contributed by atoms with E-state index in [0.717, 1.165) is 11.3 Å². The zero-order valence-corrected chi connectivity index (χ0v) is 11.3. The lowest BCUT2D eigenvalue weighted by molar-refractivity contribution is -0.138. The van der Waals surface area contributed by atoms with E-state index in [1.807, 2.05) is 35.0 Å². The van der Waals surface area contributed by atoms with E-state index in [-0.39, 0.29) is 13.1 Å². The van der Waals surface area contributed by atoms with Crippen molar-refractivity contribution in [2.24, 2.45) is 5.73 Å². The molecule has 0 aliphatic carbocycles. The van der Waals surface area contributed by atoms with Gasteiger partial charge in [0.25, 0.3) is 0 Å². The van der Waals surface area contributed by atoms with Crippen LogP contribution in [0.1, 0.15) is 5.56 Å². The first-order chi connectivity index (χ1) is 10.0. The molecule has 0 saturated carbocycles. The molecule has 2 aromatic rings. The van der Waals surface area contributed by atoms with Crippen LogP contribution in [0.2, 0.25) is 0 Å². The summed E-state index contributed by atoms with van der Waals surface area (Å²) in [5.74, 6) is -1.54. The minimum Gasteiger partial charge on any atom is -0.480 e. The number of aliphatic carboxylic acids is 1. The SMILES string of the molecule is NC(=O)CN(CC(=O)O)Cc1ccc(-n2ccnc2)cc1. The number of primary amides is 1. The molecule has 0 unspecified atom stereocenters. The van der Waals surface area contributed by atoms with Crippen LogP contribution in [0.25, 0.3) is 5.69 Å². The molecule has 7 nitrogen and oxygen atoms in total. The Hall–Kier alpha value is -2.67. The van der Waals surface area contributed by atoms with Crippen LogP contribution in [0.15, 0.2) is 43.0 Å². The third kappa shape index (κ3) is 4.43. The number of amides is 1. The number of nitrogens with two attached hydrogens (primary N) is 1. The number of hydrogen-bond donors (Lipinski definition) is 2. The zero-order chi connectivity index (χ0) is 15.2. The lowest BCUT2D eigenvalue weighted by atomic mass is 10.2. The summed E-state index contributed by atoms with van der Waals surface area (Å²) in [6.45, 7) is 0.0290. The number of carbonyl (C=O) groups is 2. The van der Waals surface area contributed by atoms with Gasteiger partial charge in [0.1, 0.15) is 0 Å². The number of nitrogens with zero attached hydrogens (tertiary/aromatic N) is 3. The molecule has 1 amide bonds. The fourth-order valence-corrected chi connectivity index (χ4v) is 2.02. The molecule has 110 valence electrons. The molecule has 0 saturated heterocycles. The molecule has 21 heavy (non-hydrogen) atoms. The van der Waals surface area contributed by atoms with Gasteiger partial charge in [-0.15, -0.1) is 0 Å². The van der Waals surface area contributed by atoms with Gasteiger partial charge in [-0.05, 0) is 17.7 Å². The van der Waals surface area contributed by atoms with E-state index in [1.54, 1.807) is 12.5 Å². The molecule has 1 aromatic heterocycles. The monoisotopic (exact) mass is 288 g/mol. The molecule has 0 spiro atoms. The lowest BCUT2D eigenvalue weighted by Crippen LogP contribution is -2.36. The highest BCUT2D eigenvalue weighted by molar-refractivity contribution is 5.77. The summed E-state index contributed by atoms with van der Waals surface area (Å²) in [4.78, 5) is 27.2.